The molecule has 0 aromatic heterocycles. The number of likely N-dealkylation sites (N-methyl/N-ethyl adjacent to an activating group) is 1. The van der Waals surface area contributed by atoms with Gasteiger partial charge in [-0.1, -0.05) is 66.2 Å². The van der Waals surface area contributed by atoms with E-state index in [-0.39, 0.29) is 6.04 Å². The number of benzene rings is 4. The summed E-state index contributed by atoms with van der Waals surface area (Å²) in [7, 11) is 4.44. The number of fused-ring (bicyclic) bond motifs is 2. The van der Waals surface area contributed by atoms with Crippen LogP contribution in [0.2, 0.25) is 5.02 Å². The van der Waals surface area contributed by atoms with Gasteiger partial charge in [0.1, 0.15) is 34.4 Å². The van der Waals surface area contributed by atoms with Crippen LogP contribution in [0.5, 0.6) is 0 Å². The van der Waals surface area contributed by atoms with Crippen molar-refractivity contribution in [3.63, 3.8) is 0 Å². The van der Waals surface area contributed by atoms with Crippen LogP contribution in [0.15, 0.2) is 130 Å². The molecule has 5 rings (SSSR count). The van der Waals surface area contributed by atoms with Gasteiger partial charge in [0.2, 0.25) is 11.0 Å². The fraction of sp³-hybridized carbons (Fsp3) is 0.184. The van der Waals surface area contributed by atoms with Gasteiger partial charge >= 0.3 is 0 Å². The largest absolute Gasteiger partial charge is 0.456 e. The van der Waals surface area contributed by atoms with E-state index in [1.807, 2.05) is 135 Å². The predicted molar refractivity (Wildman–Crippen MR) is 196 cm³/mol. The van der Waals surface area contributed by atoms with Crippen LogP contribution < -0.4 is 14.8 Å². The molecule has 236 valence electrons. The maximum Gasteiger partial charge on any atom is 0.224 e. The summed E-state index contributed by atoms with van der Waals surface area (Å²) in [5.74, 6) is 0.685. The molecule has 1 unspecified atom stereocenters. The van der Waals surface area contributed by atoms with Gasteiger partial charge in [0.25, 0.3) is 0 Å². The highest BCUT2D eigenvalue weighted by molar-refractivity contribution is 7.82. The highest BCUT2D eigenvalue weighted by atomic mass is 35.5. The smallest absolute Gasteiger partial charge is 0.224 e. The van der Waals surface area contributed by atoms with Gasteiger partial charge in [0.05, 0.1) is 21.7 Å². The molecule has 46 heavy (non-hydrogen) atoms. The fourth-order valence-electron chi connectivity index (χ4n) is 5.36. The number of nitrogens with zero attached hydrogens (tertiary/aromatic N) is 3. The molecule has 3 aromatic carbocycles. The first-order valence-electron chi connectivity index (χ1n) is 15.0. The summed E-state index contributed by atoms with van der Waals surface area (Å²) >= 11 is 13.1. The molecule has 0 saturated heterocycles. The van der Waals surface area contributed by atoms with Crippen molar-refractivity contribution >= 4 is 56.5 Å². The zero-order valence-electron chi connectivity index (χ0n) is 26.9. The molecule has 1 aliphatic carbocycles. The first-order chi connectivity index (χ1) is 22.1. The lowest BCUT2D eigenvalue weighted by Crippen LogP contribution is -2.28. The van der Waals surface area contributed by atoms with Crippen LogP contribution in [-0.2, 0) is 11.0 Å². The summed E-state index contributed by atoms with van der Waals surface area (Å²) in [6.07, 6.45) is 5.52. The lowest BCUT2D eigenvalue weighted by atomic mass is 9.93. The van der Waals surface area contributed by atoms with Gasteiger partial charge in [0, 0.05) is 66.1 Å². The minimum Gasteiger partial charge on any atom is -0.456 e. The third-order valence-corrected chi connectivity index (χ3v) is 10.5. The highest BCUT2D eigenvalue weighted by Gasteiger charge is 2.25. The number of anilines is 1. The quantitative estimate of drug-likeness (QED) is 0.0891. The number of para-hydroxylation sites is 1. The third-order valence-electron chi connectivity index (χ3n) is 8.12. The van der Waals surface area contributed by atoms with E-state index in [2.05, 4.69) is 24.8 Å². The standard InChI is InChI=1S/C38H38Cl2N3O2S/c1-8-14-33(31(39)9-2)41(5)26-19-21-28-35(23-26)45-36-24-27(42(6)34-17-12-11-16-32(34)40)20-22-29(36)38(28)30-15-10-13-18-37(30)46(44)43(7)25(3)4/h8-25H,2H2,1,3-7H3/q+1/b14-8-,33-31-. The van der Waals surface area contributed by atoms with Gasteiger partial charge < -0.3 is 9.32 Å². The second-order valence-electron chi connectivity index (χ2n) is 11.2. The van der Waals surface area contributed by atoms with Crippen LogP contribution in [0.25, 0.3) is 33.4 Å². The number of halogens is 2. The minimum atomic E-state index is -1.39. The average molecular weight is 672 g/mol. The molecule has 8 heteroatoms. The van der Waals surface area contributed by atoms with Crippen molar-refractivity contribution in [1.29, 1.82) is 0 Å². The van der Waals surface area contributed by atoms with Gasteiger partial charge in [-0.15, -0.1) is 0 Å². The van der Waals surface area contributed by atoms with Crippen LogP contribution in [0.4, 0.5) is 11.4 Å². The Morgan fingerprint density at radius 3 is 2.39 bits per heavy atom. The van der Waals surface area contributed by atoms with Crippen molar-refractivity contribution in [2.75, 3.05) is 26.0 Å². The average Bonchev–Trinajstić information content (AvgIpc) is 3.07. The Kier molecular flexibility index (Phi) is 10.3. The summed E-state index contributed by atoms with van der Waals surface area (Å²) in [6, 6.07) is 28.0. The first kappa shape index (κ1) is 33.4. The Morgan fingerprint density at radius 2 is 1.70 bits per heavy atom. The second-order valence-corrected chi connectivity index (χ2v) is 13.6. The molecule has 5 nitrogen and oxygen atoms in total. The van der Waals surface area contributed by atoms with Crippen LogP contribution >= 0.6 is 23.2 Å². The van der Waals surface area contributed by atoms with Crippen molar-refractivity contribution < 1.29 is 8.63 Å². The normalized spacial score (nSPS) is 13.9. The Morgan fingerprint density at radius 1 is 0.978 bits per heavy atom. The topological polar surface area (TPSA) is 39.7 Å². The molecular formula is C38H38Cl2N3O2S+. The molecule has 0 spiro atoms. The fourth-order valence-corrected chi connectivity index (χ4v) is 7.06. The van der Waals surface area contributed by atoms with Crippen molar-refractivity contribution in [3.8, 4) is 22.5 Å². The van der Waals surface area contributed by atoms with Gasteiger partial charge in [-0.25, -0.2) is 8.51 Å². The Labute approximate surface area is 283 Å². The van der Waals surface area contributed by atoms with Gasteiger partial charge in [-0.2, -0.15) is 4.58 Å². The van der Waals surface area contributed by atoms with Crippen LogP contribution in [0.1, 0.15) is 20.8 Å². The lowest BCUT2D eigenvalue weighted by molar-refractivity contribution is 0.443. The first-order valence-corrected chi connectivity index (χ1v) is 16.9. The molecule has 0 radical (unpaired) electrons. The SMILES string of the molecule is C=C/C(Cl)=C(\C=C/C)N(C)c1ccc2c(-c3ccccc3S(=O)N(C)C(C)C)c3ccc(=[N+](C)c4ccccc4Cl)cc-3oc2c1. The summed E-state index contributed by atoms with van der Waals surface area (Å²) in [5.41, 5.74) is 6.00. The van der Waals surface area contributed by atoms with Crippen LogP contribution in [0.3, 0.4) is 0 Å². The lowest BCUT2D eigenvalue weighted by Gasteiger charge is -2.24. The molecule has 3 aromatic rings. The van der Waals surface area contributed by atoms with E-state index >= 15 is 0 Å². The molecule has 0 fully saturated rings. The van der Waals surface area contributed by atoms with Crippen LogP contribution in [-0.4, -0.2) is 35.7 Å². The van der Waals surface area contributed by atoms with E-state index in [1.165, 1.54) is 0 Å². The molecule has 1 atom stereocenters. The Hall–Kier alpha value is -3.94. The van der Waals surface area contributed by atoms with Gasteiger partial charge in [0.15, 0.2) is 0 Å². The Bertz CT molecular complexity index is 2060. The summed E-state index contributed by atoms with van der Waals surface area (Å²) < 4.78 is 24.5. The molecular weight excluding hydrogens is 633 g/mol. The number of rotatable bonds is 9. The molecule has 2 aliphatic rings. The van der Waals surface area contributed by atoms with Gasteiger partial charge in [-0.3, -0.25) is 0 Å². The maximum atomic E-state index is 13.9. The monoisotopic (exact) mass is 670 g/mol. The van der Waals surface area contributed by atoms with E-state index in [1.54, 1.807) is 6.08 Å². The second kappa shape index (κ2) is 14.2. The van der Waals surface area contributed by atoms with Crippen molar-refractivity contribution in [3.05, 3.63) is 131 Å². The summed E-state index contributed by atoms with van der Waals surface area (Å²) in [4.78, 5) is 2.74. The van der Waals surface area contributed by atoms with E-state index < -0.39 is 11.0 Å². The highest BCUT2D eigenvalue weighted by Crippen LogP contribution is 2.43. The van der Waals surface area contributed by atoms with Crippen LogP contribution in [0, 0.1) is 0 Å². The molecule has 1 aliphatic heterocycles. The van der Waals surface area contributed by atoms with E-state index in [0.717, 1.165) is 49.4 Å². The minimum absolute atomic E-state index is 0.0935. The third kappa shape index (κ3) is 6.49. The van der Waals surface area contributed by atoms with E-state index in [9.17, 15) is 4.21 Å². The maximum absolute atomic E-state index is 13.9. The van der Waals surface area contributed by atoms with Crippen molar-refractivity contribution in [2.24, 2.45) is 0 Å². The zero-order chi connectivity index (χ0) is 33.1. The zero-order valence-corrected chi connectivity index (χ0v) is 29.3. The molecule has 1 heterocycles. The number of hydrogen-bond acceptors (Lipinski definition) is 3. The van der Waals surface area contributed by atoms with Crippen molar-refractivity contribution in [1.82, 2.24) is 8.88 Å². The molecule has 0 N–H and O–H groups in total. The van der Waals surface area contributed by atoms with E-state index in [0.29, 0.717) is 21.4 Å². The van der Waals surface area contributed by atoms with E-state index in [4.69, 9.17) is 27.6 Å². The molecule has 0 bridgehead atoms. The number of hydrogen-bond donors (Lipinski definition) is 0. The predicted octanol–water partition coefficient (Wildman–Crippen LogP) is 9.60. The summed E-state index contributed by atoms with van der Waals surface area (Å²) in [5, 5.41) is 3.01. The van der Waals surface area contributed by atoms with Crippen molar-refractivity contribution in [2.45, 2.75) is 31.7 Å². The molecule has 0 saturated carbocycles. The Balaban J connectivity index is 1.85. The summed E-state index contributed by atoms with van der Waals surface area (Å²) in [6.45, 7) is 9.88. The van der Waals surface area contributed by atoms with Gasteiger partial charge in [-0.05, 0) is 63.3 Å². The molecule has 0 amide bonds. The number of allylic oxidation sites excluding steroid dienone is 4.